The lowest BCUT2D eigenvalue weighted by Crippen LogP contribution is -2.63. The molecule has 0 bridgehead atoms. The number of nitrogens with zero attached hydrogens (tertiary/aromatic N) is 4. The molecule has 3 saturated heterocycles. The second-order valence-electron chi connectivity index (χ2n) is 7.82. The van der Waals surface area contributed by atoms with E-state index in [-0.39, 0.29) is 29.2 Å². The number of hydrogen-bond donors (Lipinski definition) is 0. The molecule has 7 nitrogen and oxygen atoms in total. The smallest absolute Gasteiger partial charge is 0.228 e. The summed E-state index contributed by atoms with van der Waals surface area (Å²) in [6.07, 6.45) is 4.99. The molecule has 1 aromatic heterocycles. The summed E-state index contributed by atoms with van der Waals surface area (Å²) in [5.74, 6) is 0.0673. The van der Waals surface area contributed by atoms with E-state index < -0.39 is 0 Å². The van der Waals surface area contributed by atoms with Gasteiger partial charge in [-0.3, -0.25) is 14.3 Å². The van der Waals surface area contributed by atoms with Crippen molar-refractivity contribution < 1.29 is 14.3 Å². The highest BCUT2D eigenvalue weighted by atomic mass is 16.5. The zero-order valence-electron chi connectivity index (χ0n) is 15.0. The molecule has 4 rings (SSSR count). The maximum Gasteiger partial charge on any atom is 0.228 e. The van der Waals surface area contributed by atoms with Gasteiger partial charge >= 0.3 is 0 Å². The lowest BCUT2D eigenvalue weighted by molar-refractivity contribution is -0.163. The van der Waals surface area contributed by atoms with E-state index in [1.54, 1.807) is 22.8 Å². The summed E-state index contributed by atoms with van der Waals surface area (Å²) in [5, 5.41) is 4.23. The molecule has 0 N–H and O–H groups in total. The molecule has 3 aliphatic heterocycles. The molecule has 3 fully saturated rings. The summed E-state index contributed by atoms with van der Waals surface area (Å²) in [6.45, 7) is 3.19. The predicted molar refractivity (Wildman–Crippen MR) is 90.5 cm³/mol. The van der Waals surface area contributed by atoms with Crippen molar-refractivity contribution in [2.45, 2.75) is 31.7 Å². The number of rotatable bonds is 2. The molecule has 1 aromatic rings. The summed E-state index contributed by atoms with van der Waals surface area (Å²) >= 11 is 0. The number of piperidine rings is 1. The number of hydrogen-bond acceptors (Lipinski definition) is 4. The van der Waals surface area contributed by atoms with Crippen LogP contribution in [0.2, 0.25) is 0 Å². The van der Waals surface area contributed by atoms with Crippen molar-refractivity contribution in [1.82, 2.24) is 19.6 Å². The molecule has 4 heterocycles. The predicted octanol–water partition coefficient (Wildman–Crippen LogP) is 0.969. The van der Waals surface area contributed by atoms with Crippen molar-refractivity contribution >= 4 is 11.8 Å². The zero-order valence-corrected chi connectivity index (χ0v) is 15.0. The van der Waals surface area contributed by atoms with Gasteiger partial charge in [0.1, 0.15) is 0 Å². The minimum atomic E-state index is -0.236. The topological polar surface area (TPSA) is 67.7 Å². The first kappa shape index (κ1) is 16.6. The number of aromatic nitrogens is 2. The van der Waals surface area contributed by atoms with Gasteiger partial charge in [-0.1, -0.05) is 0 Å². The van der Waals surface area contributed by atoms with E-state index in [0.29, 0.717) is 12.8 Å². The maximum absolute atomic E-state index is 13.2. The first-order chi connectivity index (χ1) is 12.0. The highest BCUT2D eigenvalue weighted by Crippen LogP contribution is 2.42. The molecule has 0 saturated carbocycles. The highest BCUT2D eigenvalue weighted by molar-refractivity contribution is 5.85. The van der Waals surface area contributed by atoms with Crippen molar-refractivity contribution in [3.63, 3.8) is 0 Å². The number of likely N-dealkylation sites (tertiary alicyclic amines) is 2. The third kappa shape index (κ3) is 2.74. The van der Waals surface area contributed by atoms with Crippen LogP contribution >= 0.6 is 0 Å². The Morgan fingerprint density at radius 3 is 2.80 bits per heavy atom. The average molecular weight is 346 g/mol. The second-order valence-corrected chi connectivity index (χ2v) is 7.82. The number of carbonyl (C=O) groups is 2. The summed E-state index contributed by atoms with van der Waals surface area (Å²) < 4.78 is 7.40. The van der Waals surface area contributed by atoms with Crippen molar-refractivity contribution in [1.29, 1.82) is 0 Å². The fourth-order valence-electron chi connectivity index (χ4n) is 4.69. The summed E-state index contributed by atoms with van der Waals surface area (Å²) in [7, 11) is 3.66. The molecule has 0 radical (unpaired) electrons. The van der Waals surface area contributed by atoms with Crippen LogP contribution in [0.3, 0.4) is 0 Å². The van der Waals surface area contributed by atoms with Crippen LogP contribution in [0.25, 0.3) is 0 Å². The largest absolute Gasteiger partial charge is 0.381 e. The Balaban J connectivity index is 1.52. The van der Waals surface area contributed by atoms with Gasteiger partial charge in [-0.15, -0.1) is 0 Å². The number of carbonyl (C=O) groups excluding carboxylic acids is 2. The van der Waals surface area contributed by atoms with E-state index in [2.05, 4.69) is 5.10 Å². The Morgan fingerprint density at radius 2 is 2.16 bits per heavy atom. The minimum absolute atomic E-state index is 0.0935. The van der Waals surface area contributed by atoms with Crippen LogP contribution in [0, 0.1) is 11.3 Å². The van der Waals surface area contributed by atoms with E-state index in [1.165, 1.54) is 0 Å². The normalized spacial score (nSPS) is 29.0. The molecule has 0 aliphatic carbocycles. The molecule has 25 heavy (non-hydrogen) atoms. The van der Waals surface area contributed by atoms with Crippen LogP contribution in [0.15, 0.2) is 12.3 Å². The Labute approximate surface area is 147 Å². The number of amides is 2. The average Bonchev–Trinajstić information content (AvgIpc) is 3.00. The van der Waals surface area contributed by atoms with Crippen LogP contribution in [-0.2, 0) is 21.4 Å². The standard InChI is InChI=1S/C18H26N4O3/c1-20-15(23)5-4-13(16(20)14-6-8-19-21(14)2)17(24)22-10-18(11-22)7-3-9-25-12-18/h6,8,13,16H,3-5,7,9-12H2,1-2H3/t13-,16-/m0/s1. The lowest BCUT2D eigenvalue weighted by Gasteiger charge is -2.53. The van der Waals surface area contributed by atoms with Gasteiger partial charge in [0.15, 0.2) is 0 Å². The summed E-state index contributed by atoms with van der Waals surface area (Å²) in [5.41, 5.74) is 1.09. The third-order valence-electron chi connectivity index (χ3n) is 6.11. The SMILES string of the molecule is CN1C(=O)CC[C@H](C(=O)N2CC3(CCCOC3)C2)[C@H]1c1ccnn1C. The van der Waals surface area contributed by atoms with E-state index in [1.807, 2.05) is 18.0 Å². The molecule has 7 heteroatoms. The van der Waals surface area contributed by atoms with E-state index in [4.69, 9.17) is 4.74 Å². The van der Waals surface area contributed by atoms with Gasteiger partial charge in [0.25, 0.3) is 0 Å². The van der Waals surface area contributed by atoms with Crippen molar-refractivity contribution in [2.75, 3.05) is 33.4 Å². The molecular weight excluding hydrogens is 320 g/mol. The maximum atomic E-state index is 13.2. The Morgan fingerprint density at radius 1 is 1.36 bits per heavy atom. The fraction of sp³-hybridized carbons (Fsp3) is 0.722. The molecule has 136 valence electrons. The molecule has 3 aliphatic rings. The minimum Gasteiger partial charge on any atom is -0.381 e. The van der Waals surface area contributed by atoms with Gasteiger partial charge in [0.05, 0.1) is 24.3 Å². The van der Waals surface area contributed by atoms with Gasteiger partial charge in [0, 0.05) is 51.8 Å². The second kappa shape index (κ2) is 6.12. The highest BCUT2D eigenvalue weighted by Gasteiger charge is 2.50. The van der Waals surface area contributed by atoms with E-state index >= 15 is 0 Å². The molecule has 1 spiro atoms. The molecule has 2 atom stereocenters. The van der Waals surface area contributed by atoms with Crippen LogP contribution < -0.4 is 0 Å². The zero-order chi connectivity index (χ0) is 17.6. The van der Waals surface area contributed by atoms with Crippen LogP contribution in [0.1, 0.15) is 37.4 Å². The molecule has 2 amide bonds. The monoisotopic (exact) mass is 346 g/mol. The Bertz CT molecular complexity index is 672. The fourth-order valence-corrected chi connectivity index (χ4v) is 4.69. The summed E-state index contributed by atoms with van der Waals surface area (Å²) in [4.78, 5) is 29.1. The molecule has 0 aromatic carbocycles. The van der Waals surface area contributed by atoms with E-state index in [9.17, 15) is 9.59 Å². The number of ether oxygens (including phenoxy) is 1. The Hall–Kier alpha value is -1.89. The molecule has 0 unspecified atom stereocenters. The van der Waals surface area contributed by atoms with Crippen molar-refractivity contribution in [3.8, 4) is 0 Å². The first-order valence-electron chi connectivity index (χ1n) is 9.11. The van der Waals surface area contributed by atoms with E-state index in [0.717, 1.165) is 44.8 Å². The first-order valence-corrected chi connectivity index (χ1v) is 9.11. The third-order valence-corrected chi connectivity index (χ3v) is 6.11. The summed E-state index contributed by atoms with van der Waals surface area (Å²) in [6, 6.07) is 1.67. The van der Waals surface area contributed by atoms with Gasteiger partial charge in [-0.25, -0.2) is 0 Å². The van der Waals surface area contributed by atoms with Crippen molar-refractivity contribution in [2.24, 2.45) is 18.4 Å². The quantitative estimate of drug-likeness (QED) is 0.800. The van der Waals surface area contributed by atoms with Crippen molar-refractivity contribution in [3.05, 3.63) is 18.0 Å². The van der Waals surface area contributed by atoms with Crippen LogP contribution in [0.4, 0.5) is 0 Å². The Kier molecular flexibility index (Phi) is 4.06. The van der Waals surface area contributed by atoms with Crippen LogP contribution in [-0.4, -0.2) is 64.7 Å². The number of aryl methyl sites for hydroxylation is 1. The van der Waals surface area contributed by atoms with Gasteiger partial charge in [-0.05, 0) is 25.3 Å². The van der Waals surface area contributed by atoms with Gasteiger partial charge in [-0.2, -0.15) is 5.10 Å². The van der Waals surface area contributed by atoms with Gasteiger partial charge < -0.3 is 14.5 Å². The molecular formula is C18H26N4O3. The lowest BCUT2D eigenvalue weighted by atomic mass is 9.74. The van der Waals surface area contributed by atoms with Crippen LogP contribution in [0.5, 0.6) is 0 Å². The van der Waals surface area contributed by atoms with Gasteiger partial charge in [0.2, 0.25) is 11.8 Å².